The van der Waals surface area contributed by atoms with Crippen molar-refractivity contribution >= 4 is 17.7 Å². The van der Waals surface area contributed by atoms with Gasteiger partial charge in [0.25, 0.3) is 5.91 Å². The molecule has 7 heteroatoms. The molecule has 3 rings (SSSR count). The van der Waals surface area contributed by atoms with E-state index in [9.17, 15) is 22.4 Å². The van der Waals surface area contributed by atoms with E-state index in [1.54, 1.807) is 0 Å². The lowest BCUT2D eigenvalue weighted by Crippen LogP contribution is -2.33. The lowest BCUT2D eigenvalue weighted by Gasteiger charge is -2.20. The maximum Gasteiger partial charge on any atom is 0.253 e. The molecule has 132 valence electrons. The molecule has 0 aliphatic carbocycles. The molecule has 2 nitrogen and oxygen atoms in total. The maximum atomic E-state index is 14.0. The minimum absolute atomic E-state index is 0.0688. The van der Waals surface area contributed by atoms with Gasteiger partial charge in [-0.3, -0.25) is 4.79 Å². The number of carbonyl (C=O) groups is 1. The van der Waals surface area contributed by atoms with Crippen molar-refractivity contribution in [3.8, 4) is 0 Å². The van der Waals surface area contributed by atoms with Crippen molar-refractivity contribution in [3.05, 3.63) is 70.8 Å². The highest BCUT2D eigenvalue weighted by atomic mass is 32.2. The van der Waals surface area contributed by atoms with Gasteiger partial charge in [0, 0.05) is 35.2 Å². The van der Waals surface area contributed by atoms with Gasteiger partial charge in [-0.15, -0.1) is 0 Å². The van der Waals surface area contributed by atoms with Gasteiger partial charge in [0.2, 0.25) is 0 Å². The average molecular weight is 369 g/mol. The Morgan fingerprint density at radius 3 is 2.48 bits per heavy atom. The number of carbonyl (C=O) groups excluding carboxylic acids is 1. The minimum atomic E-state index is -1.07. The summed E-state index contributed by atoms with van der Waals surface area (Å²) in [4.78, 5) is 14.0. The van der Waals surface area contributed by atoms with Crippen LogP contribution in [0.1, 0.15) is 27.6 Å². The number of hydrogen-bond acceptors (Lipinski definition) is 2. The van der Waals surface area contributed by atoms with E-state index in [0.29, 0.717) is 25.3 Å². The smallest absolute Gasteiger partial charge is 0.253 e. The Hall–Kier alpha value is -2.02. The van der Waals surface area contributed by atoms with E-state index >= 15 is 0 Å². The molecule has 0 N–H and O–H groups in total. The number of benzene rings is 2. The zero-order chi connectivity index (χ0) is 18.0. The van der Waals surface area contributed by atoms with Crippen LogP contribution in [0, 0.1) is 23.3 Å². The summed E-state index contributed by atoms with van der Waals surface area (Å²) in [6.45, 7) is 0.724. The maximum absolute atomic E-state index is 14.0. The van der Waals surface area contributed by atoms with Crippen LogP contribution in [0.25, 0.3) is 0 Å². The van der Waals surface area contributed by atoms with Gasteiger partial charge in [0.15, 0.2) is 11.6 Å². The predicted molar refractivity (Wildman–Crippen MR) is 88.4 cm³/mol. The molecular formula is C18H15F4NOS. The van der Waals surface area contributed by atoms with Crippen molar-refractivity contribution in [1.82, 2.24) is 4.90 Å². The Kier molecular flexibility index (Phi) is 5.32. The third kappa shape index (κ3) is 3.98. The van der Waals surface area contributed by atoms with Gasteiger partial charge in [0.05, 0.1) is 0 Å². The fraction of sp³-hybridized carbons (Fsp3) is 0.278. The summed E-state index contributed by atoms with van der Waals surface area (Å²) in [5.41, 5.74) is 0.353. The first-order valence-corrected chi connectivity index (χ1v) is 8.81. The van der Waals surface area contributed by atoms with Gasteiger partial charge in [-0.1, -0.05) is 0 Å². The van der Waals surface area contributed by atoms with Crippen LogP contribution in [0.5, 0.6) is 0 Å². The number of thioether (sulfide) groups is 1. The second-order valence-electron chi connectivity index (χ2n) is 5.74. The summed E-state index contributed by atoms with van der Waals surface area (Å²) in [6.07, 6.45) is 0.445. The highest BCUT2D eigenvalue weighted by molar-refractivity contribution is 7.99. The van der Waals surface area contributed by atoms with Crippen LogP contribution in [0.3, 0.4) is 0 Å². The third-order valence-corrected chi connectivity index (χ3v) is 5.41. The van der Waals surface area contributed by atoms with E-state index in [-0.39, 0.29) is 16.4 Å². The quantitative estimate of drug-likeness (QED) is 0.723. The van der Waals surface area contributed by atoms with Crippen molar-refractivity contribution in [2.24, 2.45) is 0 Å². The first kappa shape index (κ1) is 17.8. The Morgan fingerprint density at radius 1 is 0.960 bits per heavy atom. The van der Waals surface area contributed by atoms with Gasteiger partial charge < -0.3 is 4.90 Å². The fourth-order valence-electron chi connectivity index (χ4n) is 2.79. The zero-order valence-corrected chi connectivity index (χ0v) is 14.0. The van der Waals surface area contributed by atoms with E-state index < -0.39 is 29.2 Å². The molecule has 1 aliphatic heterocycles. The Labute approximate surface area is 146 Å². The van der Waals surface area contributed by atoms with E-state index in [1.807, 2.05) is 0 Å². The second kappa shape index (κ2) is 7.47. The number of amides is 1. The summed E-state index contributed by atoms with van der Waals surface area (Å²) < 4.78 is 53.7. The molecule has 1 unspecified atom stereocenters. The first-order valence-electron chi connectivity index (χ1n) is 7.76. The second-order valence-corrected chi connectivity index (χ2v) is 7.05. The molecular weight excluding hydrogens is 354 g/mol. The number of rotatable bonds is 2. The molecule has 25 heavy (non-hydrogen) atoms. The lowest BCUT2D eigenvalue weighted by atomic mass is 10.1. The molecule has 0 spiro atoms. The van der Waals surface area contributed by atoms with Crippen LogP contribution >= 0.6 is 11.8 Å². The number of nitrogens with zero attached hydrogens (tertiary/aromatic N) is 1. The van der Waals surface area contributed by atoms with Crippen LogP contribution in [-0.4, -0.2) is 29.6 Å². The summed E-state index contributed by atoms with van der Waals surface area (Å²) in [6, 6.07) is 6.38. The molecule has 2 aromatic rings. The molecule has 0 saturated carbocycles. The fourth-order valence-corrected chi connectivity index (χ4v) is 4.04. The Bertz CT molecular complexity index is 799. The number of hydrogen-bond donors (Lipinski definition) is 0. The van der Waals surface area contributed by atoms with Gasteiger partial charge in [-0.05, 0) is 42.8 Å². The summed E-state index contributed by atoms with van der Waals surface area (Å²) in [5, 5.41) is -0.265. The first-order chi connectivity index (χ1) is 12.0. The van der Waals surface area contributed by atoms with Crippen molar-refractivity contribution < 1.29 is 22.4 Å². The van der Waals surface area contributed by atoms with Gasteiger partial charge in [0.1, 0.15) is 11.6 Å². The summed E-state index contributed by atoms with van der Waals surface area (Å²) in [5.74, 6) is -2.93. The topological polar surface area (TPSA) is 20.3 Å². The molecule has 0 aromatic heterocycles. The molecule has 1 atom stereocenters. The van der Waals surface area contributed by atoms with E-state index in [4.69, 9.17) is 0 Å². The van der Waals surface area contributed by atoms with Crippen LogP contribution in [0.4, 0.5) is 17.6 Å². The average Bonchev–Trinajstić information content (AvgIpc) is 2.85. The van der Waals surface area contributed by atoms with Crippen LogP contribution in [-0.2, 0) is 0 Å². The van der Waals surface area contributed by atoms with Gasteiger partial charge >= 0.3 is 0 Å². The molecule has 1 fully saturated rings. The summed E-state index contributed by atoms with van der Waals surface area (Å²) >= 11 is 1.45. The molecule has 1 aliphatic rings. The highest BCUT2D eigenvalue weighted by Crippen LogP contribution is 2.36. The summed E-state index contributed by atoms with van der Waals surface area (Å²) in [7, 11) is 0. The normalized spacial score (nSPS) is 18.1. The van der Waals surface area contributed by atoms with E-state index in [0.717, 1.165) is 24.3 Å². The standard InChI is InChI=1S/C18H15F4NOS/c19-12-2-4-14(20)13(10-12)17-5-6-23(7-8-25-17)18(24)11-1-3-15(21)16(22)9-11/h1-4,9-10,17H,5-8H2. The van der Waals surface area contributed by atoms with Crippen LogP contribution in [0.2, 0.25) is 0 Å². The molecule has 1 saturated heterocycles. The van der Waals surface area contributed by atoms with Crippen molar-refractivity contribution in [2.75, 3.05) is 18.8 Å². The van der Waals surface area contributed by atoms with Crippen LogP contribution in [0.15, 0.2) is 36.4 Å². The van der Waals surface area contributed by atoms with Crippen LogP contribution < -0.4 is 0 Å². The Balaban J connectivity index is 1.73. The SMILES string of the molecule is O=C(c1ccc(F)c(F)c1)N1CCSC(c2cc(F)ccc2F)CC1. The zero-order valence-electron chi connectivity index (χ0n) is 13.1. The Morgan fingerprint density at radius 2 is 1.72 bits per heavy atom. The highest BCUT2D eigenvalue weighted by Gasteiger charge is 2.25. The molecule has 2 aromatic carbocycles. The van der Waals surface area contributed by atoms with Crippen molar-refractivity contribution in [1.29, 1.82) is 0 Å². The molecule has 0 bridgehead atoms. The molecule has 1 amide bonds. The van der Waals surface area contributed by atoms with Gasteiger partial charge in [-0.2, -0.15) is 11.8 Å². The molecule has 0 radical (unpaired) electrons. The third-order valence-electron chi connectivity index (χ3n) is 4.10. The van der Waals surface area contributed by atoms with E-state index in [1.165, 1.54) is 28.8 Å². The monoisotopic (exact) mass is 369 g/mol. The van der Waals surface area contributed by atoms with E-state index in [2.05, 4.69) is 0 Å². The predicted octanol–water partition coefficient (Wildman–Crippen LogP) is 4.56. The van der Waals surface area contributed by atoms with Crippen molar-refractivity contribution in [3.63, 3.8) is 0 Å². The number of halogens is 4. The van der Waals surface area contributed by atoms with Crippen molar-refractivity contribution in [2.45, 2.75) is 11.7 Å². The minimum Gasteiger partial charge on any atom is -0.338 e. The largest absolute Gasteiger partial charge is 0.338 e. The molecule has 1 heterocycles. The van der Waals surface area contributed by atoms with Gasteiger partial charge in [-0.25, -0.2) is 17.6 Å². The lowest BCUT2D eigenvalue weighted by molar-refractivity contribution is 0.0766.